The second kappa shape index (κ2) is 13.3. The van der Waals surface area contributed by atoms with Gasteiger partial charge >= 0.3 is 5.97 Å². The molecule has 4 saturated heterocycles. The summed E-state index contributed by atoms with van der Waals surface area (Å²) in [7, 11) is 1.32. The lowest BCUT2D eigenvalue weighted by molar-refractivity contribution is -0.159. The Morgan fingerprint density at radius 3 is 2.52 bits per heavy atom. The lowest BCUT2D eigenvalue weighted by Gasteiger charge is -2.45. The Morgan fingerprint density at radius 1 is 1.00 bits per heavy atom. The van der Waals surface area contributed by atoms with E-state index in [1.807, 2.05) is 49.4 Å². The highest BCUT2D eigenvalue weighted by Gasteiger charge is 2.59. The largest absolute Gasteiger partial charge is 0.467 e. The highest BCUT2D eigenvalue weighted by molar-refractivity contribution is 6.31. The molecule has 0 radical (unpaired) electrons. The molecule has 4 fully saturated rings. The van der Waals surface area contributed by atoms with Gasteiger partial charge in [-0.1, -0.05) is 61.0 Å². The van der Waals surface area contributed by atoms with Gasteiger partial charge in [0.1, 0.15) is 29.4 Å². The summed E-state index contributed by atoms with van der Waals surface area (Å²) in [4.78, 5) is 89.6. The first-order valence-corrected chi connectivity index (χ1v) is 18.3. The minimum absolute atomic E-state index is 0.0233. The van der Waals surface area contributed by atoms with Crippen LogP contribution in [0, 0.1) is 17.8 Å². The molecule has 0 unspecified atom stereocenters. The number of carbonyl (C=O) groups excluding carboxylic acids is 6. The van der Waals surface area contributed by atoms with Gasteiger partial charge in [0.25, 0.3) is 5.91 Å². The van der Waals surface area contributed by atoms with Crippen LogP contribution in [0.4, 0.5) is 0 Å². The summed E-state index contributed by atoms with van der Waals surface area (Å²) < 4.78 is 5.06. The topological polar surface area (TPSA) is 125 Å². The van der Waals surface area contributed by atoms with Crippen molar-refractivity contribution in [3.63, 3.8) is 0 Å². The van der Waals surface area contributed by atoms with Gasteiger partial charge in [0, 0.05) is 36.4 Å². The number of fused-ring (bicyclic) bond motifs is 3. The van der Waals surface area contributed by atoms with E-state index < -0.39 is 35.6 Å². The van der Waals surface area contributed by atoms with Crippen LogP contribution in [0.15, 0.2) is 48.6 Å². The van der Waals surface area contributed by atoms with Crippen LogP contribution in [0.2, 0.25) is 5.02 Å². The number of methoxy groups -OCH3 is 1. The van der Waals surface area contributed by atoms with Crippen molar-refractivity contribution >= 4 is 47.0 Å². The van der Waals surface area contributed by atoms with E-state index in [2.05, 4.69) is 0 Å². The Labute approximate surface area is 297 Å². The molecule has 0 N–H and O–H groups in total. The Hall–Kier alpha value is -3.99. The monoisotopic (exact) mass is 704 g/mol. The molecule has 0 bridgehead atoms. The number of ether oxygens (including phenoxy) is 1. The molecule has 6 heterocycles. The number of hydrogen-bond donors (Lipinski definition) is 0. The van der Waals surface area contributed by atoms with Crippen LogP contribution in [0.3, 0.4) is 0 Å². The van der Waals surface area contributed by atoms with Gasteiger partial charge in [-0.3, -0.25) is 19.2 Å². The van der Waals surface area contributed by atoms with Crippen LogP contribution in [-0.4, -0.2) is 111 Å². The van der Waals surface area contributed by atoms with Crippen molar-refractivity contribution in [1.82, 2.24) is 19.6 Å². The molecule has 6 aliphatic heterocycles. The minimum Gasteiger partial charge on any atom is -0.467 e. The number of Topliss-reactive ketones (excluding diaryl/α,β-unsaturated/α-hetero) is 1. The molecule has 9 atom stereocenters. The lowest BCUT2D eigenvalue weighted by atomic mass is 9.86. The average molecular weight is 705 g/mol. The molecule has 7 rings (SSSR count). The number of likely N-dealkylation sites (tertiary alicyclic amines) is 2. The van der Waals surface area contributed by atoms with Gasteiger partial charge in [-0.2, -0.15) is 0 Å². The van der Waals surface area contributed by atoms with Gasteiger partial charge in [0.05, 0.1) is 19.2 Å². The molecule has 50 heavy (non-hydrogen) atoms. The van der Waals surface area contributed by atoms with Crippen molar-refractivity contribution in [2.45, 2.75) is 101 Å². The maximum absolute atomic E-state index is 14.8. The van der Waals surface area contributed by atoms with Gasteiger partial charge in [0.15, 0.2) is 0 Å². The summed E-state index contributed by atoms with van der Waals surface area (Å²) >= 11 is 6.45. The average Bonchev–Trinajstić information content (AvgIpc) is 3.88. The van der Waals surface area contributed by atoms with Crippen LogP contribution in [0.25, 0.3) is 0 Å². The van der Waals surface area contributed by atoms with Crippen LogP contribution in [0.5, 0.6) is 0 Å². The minimum atomic E-state index is -1.26. The Morgan fingerprint density at radius 2 is 1.78 bits per heavy atom. The first-order chi connectivity index (χ1) is 24.0. The highest BCUT2D eigenvalue weighted by Crippen LogP contribution is 2.44. The lowest BCUT2D eigenvalue weighted by Crippen LogP contribution is -2.64. The Kier molecular flexibility index (Phi) is 9.16. The van der Waals surface area contributed by atoms with E-state index in [1.54, 1.807) is 25.7 Å². The molecule has 4 amide bonds. The summed E-state index contributed by atoms with van der Waals surface area (Å²) in [6.07, 6.45) is 11.3. The number of carbonyl (C=O) groups is 6. The normalized spacial score (nSPS) is 33.4. The van der Waals surface area contributed by atoms with Crippen LogP contribution >= 0.6 is 11.6 Å². The second-order valence-electron chi connectivity index (χ2n) is 15.0. The number of nitrogens with zero attached hydrogens (tertiary/aromatic N) is 4. The van der Waals surface area contributed by atoms with Crippen LogP contribution in [0.1, 0.15) is 64.4 Å². The van der Waals surface area contributed by atoms with E-state index in [9.17, 15) is 28.8 Å². The van der Waals surface area contributed by atoms with Crippen molar-refractivity contribution < 1.29 is 33.5 Å². The summed E-state index contributed by atoms with van der Waals surface area (Å²) in [5.41, 5.74) is -0.496. The summed E-state index contributed by atoms with van der Waals surface area (Å²) in [6, 6.07) is 4.43. The number of rotatable bonds is 7. The molecule has 12 heteroatoms. The summed E-state index contributed by atoms with van der Waals surface area (Å²) in [5, 5.41) is 0.516. The number of amides is 4. The van der Waals surface area contributed by atoms with E-state index in [0.29, 0.717) is 56.6 Å². The number of benzene rings is 1. The molecule has 1 aromatic carbocycles. The van der Waals surface area contributed by atoms with E-state index in [1.165, 1.54) is 14.0 Å². The molecule has 0 saturated carbocycles. The van der Waals surface area contributed by atoms with E-state index in [4.69, 9.17) is 16.3 Å². The van der Waals surface area contributed by atoms with Gasteiger partial charge in [-0.05, 0) is 69.4 Å². The predicted molar refractivity (Wildman–Crippen MR) is 183 cm³/mol. The number of ketones is 1. The van der Waals surface area contributed by atoms with E-state index >= 15 is 0 Å². The van der Waals surface area contributed by atoms with Crippen molar-refractivity contribution in [1.29, 1.82) is 0 Å². The molecule has 1 spiro atoms. The highest BCUT2D eigenvalue weighted by atomic mass is 35.5. The summed E-state index contributed by atoms with van der Waals surface area (Å²) in [5.74, 6) is -2.50. The van der Waals surface area contributed by atoms with E-state index in [0.717, 1.165) is 5.56 Å². The molecular weight excluding hydrogens is 660 g/mol. The molecule has 0 aromatic heterocycles. The third kappa shape index (κ3) is 5.56. The zero-order valence-electron chi connectivity index (χ0n) is 28.8. The number of hydrogen-bond acceptors (Lipinski definition) is 7. The Balaban J connectivity index is 1.14. The van der Waals surface area contributed by atoms with Crippen LogP contribution in [-0.2, 0) is 39.9 Å². The van der Waals surface area contributed by atoms with Gasteiger partial charge in [-0.15, -0.1) is 0 Å². The Bertz CT molecular complexity index is 1680. The van der Waals surface area contributed by atoms with Crippen molar-refractivity contribution in [3.05, 3.63) is 59.2 Å². The molecule has 0 aliphatic carbocycles. The standard InChI is InChI=1S/C38H45ClN4O7/c1-22-19-31(36(48)50-3)43-29(22)11-9-24-14-18-40(32(24)35(43)47)34(46)30-12-10-27-13-16-38(37(49)42(27)30)15-6-17-41(38)33(45)26(20-23(2)44)21-25-7-4-5-8-28(25)39/h4-5,7-9,11,13,16,22,24,26-27,29-32H,6,10,12,14-15,17-21H2,1-3H3/t22-,24+,26+,27+,29+,30+,31+,32+,38-/m1/s1. The molecule has 1 aromatic rings. The fourth-order valence-corrected chi connectivity index (χ4v) is 9.82. The second-order valence-corrected chi connectivity index (χ2v) is 15.4. The molecule has 6 aliphatic rings. The fourth-order valence-electron chi connectivity index (χ4n) is 9.61. The van der Waals surface area contributed by atoms with Gasteiger partial charge < -0.3 is 29.1 Å². The third-order valence-electron chi connectivity index (χ3n) is 12.0. The number of halogens is 1. The third-order valence-corrected chi connectivity index (χ3v) is 12.4. The maximum atomic E-state index is 14.8. The summed E-state index contributed by atoms with van der Waals surface area (Å²) in [6.45, 7) is 4.20. The molecular formula is C38H45ClN4O7. The van der Waals surface area contributed by atoms with Gasteiger partial charge in [0.2, 0.25) is 17.7 Å². The SMILES string of the molecule is COC(=O)[C@@H]1C[C@@H](C)[C@@H]2C=C[C@H]3CCN(C(=O)[C@@H]4CC[C@H]5C=C[C@]6(CCCN6C(=O)[C@@H](CC(C)=O)Cc6ccccc6Cl)C(=O)N54)[C@@H]3C(=O)N12. The quantitative estimate of drug-likeness (QED) is 0.315. The molecule has 266 valence electrons. The molecule has 11 nitrogen and oxygen atoms in total. The van der Waals surface area contributed by atoms with Crippen molar-refractivity contribution in [3.8, 4) is 0 Å². The van der Waals surface area contributed by atoms with E-state index in [-0.39, 0.29) is 66.2 Å². The van der Waals surface area contributed by atoms with Crippen LogP contribution < -0.4 is 0 Å². The zero-order chi connectivity index (χ0) is 35.5. The van der Waals surface area contributed by atoms with Crippen molar-refractivity contribution in [2.75, 3.05) is 20.2 Å². The number of esters is 1. The van der Waals surface area contributed by atoms with Gasteiger partial charge in [-0.25, -0.2) is 4.79 Å². The predicted octanol–water partition coefficient (Wildman–Crippen LogP) is 3.33. The maximum Gasteiger partial charge on any atom is 0.328 e. The smallest absolute Gasteiger partial charge is 0.328 e. The first-order valence-electron chi connectivity index (χ1n) is 17.9. The van der Waals surface area contributed by atoms with Crippen molar-refractivity contribution in [2.24, 2.45) is 17.8 Å². The first kappa shape index (κ1) is 34.5. The fraction of sp³-hybridized carbons (Fsp3) is 0.579. The zero-order valence-corrected chi connectivity index (χ0v) is 29.6.